The number of nitrogens with two attached hydrogens (primary N) is 1. The molecule has 0 saturated carbocycles. The second kappa shape index (κ2) is 6.05. The number of rotatable bonds is 5. The number of hydrogen-bond donors (Lipinski definition) is 2. The average Bonchev–Trinajstić information content (AvgIpc) is 1.85. The summed E-state index contributed by atoms with van der Waals surface area (Å²) in [4.78, 5) is 0. The minimum absolute atomic E-state index is 0.825. The highest BCUT2D eigenvalue weighted by Gasteiger charge is 1.97. The molecule has 3 N–H and O–H groups in total. The monoisotopic (exact) mass is 130 g/mol. The van der Waals surface area contributed by atoms with Gasteiger partial charge in [0.25, 0.3) is 0 Å². The molecule has 0 radical (unpaired) electrons. The van der Waals surface area contributed by atoms with E-state index in [2.05, 4.69) is 19.3 Å². The zero-order valence-corrected chi connectivity index (χ0v) is 6.48. The predicted molar refractivity (Wildman–Crippen MR) is 40.9 cm³/mol. The van der Waals surface area contributed by atoms with Crippen LogP contribution in [0.3, 0.4) is 0 Å². The fourth-order valence-electron chi connectivity index (χ4n) is 0.967. The topological polar surface area (TPSA) is 38.0 Å². The summed E-state index contributed by atoms with van der Waals surface area (Å²) in [6.45, 7) is 5.42. The van der Waals surface area contributed by atoms with Crippen LogP contribution in [0, 0.1) is 5.92 Å². The highest BCUT2D eigenvalue weighted by atomic mass is 15.2. The molecule has 0 fully saturated rings. The van der Waals surface area contributed by atoms with Gasteiger partial charge in [0.1, 0.15) is 0 Å². The van der Waals surface area contributed by atoms with Crippen molar-refractivity contribution < 1.29 is 0 Å². The van der Waals surface area contributed by atoms with Crippen LogP contribution >= 0.6 is 0 Å². The van der Waals surface area contributed by atoms with Gasteiger partial charge >= 0.3 is 0 Å². The third-order valence-corrected chi connectivity index (χ3v) is 1.56. The molecule has 0 rings (SSSR count). The summed E-state index contributed by atoms with van der Waals surface area (Å²) in [6, 6.07) is 0. The molecule has 0 aliphatic rings. The molecule has 0 spiro atoms. The van der Waals surface area contributed by atoms with Gasteiger partial charge < -0.3 is 0 Å². The lowest BCUT2D eigenvalue weighted by molar-refractivity contribution is 0.469. The molecule has 56 valence electrons. The molecule has 0 bridgehead atoms. The van der Waals surface area contributed by atoms with E-state index >= 15 is 0 Å². The predicted octanol–water partition coefficient (Wildman–Crippen LogP) is 1.28. The summed E-state index contributed by atoms with van der Waals surface area (Å²) < 4.78 is 0. The first-order valence-corrected chi connectivity index (χ1v) is 3.74. The van der Waals surface area contributed by atoms with E-state index in [1.165, 1.54) is 19.3 Å². The molecule has 0 amide bonds. The van der Waals surface area contributed by atoms with E-state index in [0.29, 0.717) is 0 Å². The van der Waals surface area contributed by atoms with Gasteiger partial charge in [0.15, 0.2) is 0 Å². The van der Waals surface area contributed by atoms with Crippen molar-refractivity contribution in [2.45, 2.75) is 33.1 Å². The van der Waals surface area contributed by atoms with Crippen LogP contribution in [-0.2, 0) is 0 Å². The largest absolute Gasteiger partial charge is 0.271 e. The van der Waals surface area contributed by atoms with Crippen LogP contribution in [-0.4, -0.2) is 6.54 Å². The Morgan fingerprint density at radius 1 is 1.44 bits per heavy atom. The fourth-order valence-corrected chi connectivity index (χ4v) is 0.967. The molecule has 2 nitrogen and oxygen atoms in total. The molecule has 0 aromatic heterocycles. The SMILES string of the molecule is CCCC(C)CCNN. The lowest BCUT2D eigenvalue weighted by Crippen LogP contribution is -2.24. The summed E-state index contributed by atoms with van der Waals surface area (Å²) in [6.07, 6.45) is 3.80. The lowest BCUT2D eigenvalue weighted by Gasteiger charge is -2.07. The summed E-state index contributed by atoms with van der Waals surface area (Å²) in [7, 11) is 0. The second-order valence-corrected chi connectivity index (χ2v) is 2.64. The van der Waals surface area contributed by atoms with Crippen molar-refractivity contribution in [1.29, 1.82) is 0 Å². The Kier molecular flexibility index (Phi) is 5.99. The Balaban J connectivity index is 2.95. The minimum atomic E-state index is 0.825. The Labute approximate surface area is 57.8 Å². The van der Waals surface area contributed by atoms with Gasteiger partial charge in [-0.1, -0.05) is 26.7 Å². The molecule has 0 aromatic rings. The number of hydrazine groups is 1. The van der Waals surface area contributed by atoms with E-state index < -0.39 is 0 Å². The van der Waals surface area contributed by atoms with E-state index in [1.807, 2.05) is 0 Å². The highest BCUT2D eigenvalue weighted by Crippen LogP contribution is 2.07. The van der Waals surface area contributed by atoms with Crippen molar-refractivity contribution >= 4 is 0 Å². The maximum Gasteiger partial charge on any atom is 0.00999 e. The summed E-state index contributed by atoms with van der Waals surface area (Å²) in [5.41, 5.74) is 2.66. The minimum Gasteiger partial charge on any atom is -0.271 e. The van der Waals surface area contributed by atoms with Gasteiger partial charge in [-0.05, 0) is 12.3 Å². The van der Waals surface area contributed by atoms with Gasteiger partial charge in [-0.25, -0.2) is 0 Å². The zero-order chi connectivity index (χ0) is 7.11. The normalized spacial score (nSPS) is 13.7. The van der Waals surface area contributed by atoms with Gasteiger partial charge in [-0.2, -0.15) is 0 Å². The maximum absolute atomic E-state index is 5.12. The Hall–Kier alpha value is -0.0800. The van der Waals surface area contributed by atoms with Crippen LogP contribution in [0.15, 0.2) is 0 Å². The second-order valence-electron chi connectivity index (χ2n) is 2.64. The third kappa shape index (κ3) is 5.80. The van der Waals surface area contributed by atoms with Gasteiger partial charge in [0.2, 0.25) is 0 Å². The van der Waals surface area contributed by atoms with Crippen molar-refractivity contribution in [3.63, 3.8) is 0 Å². The van der Waals surface area contributed by atoms with E-state index in [4.69, 9.17) is 5.84 Å². The first-order chi connectivity index (χ1) is 4.31. The summed E-state index contributed by atoms with van der Waals surface area (Å²) in [5, 5.41) is 0. The van der Waals surface area contributed by atoms with Gasteiger partial charge in [0.05, 0.1) is 0 Å². The molecule has 0 aliphatic carbocycles. The van der Waals surface area contributed by atoms with Crippen LogP contribution in [0.25, 0.3) is 0 Å². The van der Waals surface area contributed by atoms with Crippen molar-refractivity contribution in [1.82, 2.24) is 5.43 Å². The van der Waals surface area contributed by atoms with Crippen LogP contribution in [0.2, 0.25) is 0 Å². The molecule has 1 unspecified atom stereocenters. The first kappa shape index (κ1) is 8.92. The van der Waals surface area contributed by atoms with Crippen LogP contribution in [0.5, 0.6) is 0 Å². The third-order valence-electron chi connectivity index (χ3n) is 1.56. The Bertz CT molecular complexity index is 54.9. The molecular weight excluding hydrogens is 112 g/mol. The van der Waals surface area contributed by atoms with Crippen LogP contribution < -0.4 is 11.3 Å². The van der Waals surface area contributed by atoms with Gasteiger partial charge in [-0.3, -0.25) is 11.3 Å². The van der Waals surface area contributed by atoms with Crippen LogP contribution in [0.4, 0.5) is 0 Å². The van der Waals surface area contributed by atoms with Crippen molar-refractivity contribution in [2.24, 2.45) is 11.8 Å². The quantitative estimate of drug-likeness (QED) is 0.434. The molecule has 0 aromatic carbocycles. The van der Waals surface area contributed by atoms with E-state index in [9.17, 15) is 0 Å². The molecular formula is C7H18N2. The summed E-state index contributed by atoms with van der Waals surface area (Å²) >= 11 is 0. The van der Waals surface area contributed by atoms with Crippen LogP contribution in [0.1, 0.15) is 33.1 Å². The fraction of sp³-hybridized carbons (Fsp3) is 1.00. The molecule has 2 heteroatoms. The average molecular weight is 130 g/mol. The standard InChI is InChI=1S/C7H18N2/c1-3-4-7(2)5-6-9-8/h7,9H,3-6,8H2,1-2H3. The number of nitrogens with one attached hydrogen (secondary N) is 1. The maximum atomic E-state index is 5.12. The van der Waals surface area contributed by atoms with Gasteiger partial charge in [-0.15, -0.1) is 0 Å². The molecule has 9 heavy (non-hydrogen) atoms. The molecule has 0 aliphatic heterocycles. The lowest BCUT2D eigenvalue weighted by atomic mass is 10.0. The number of hydrogen-bond acceptors (Lipinski definition) is 2. The van der Waals surface area contributed by atoms with Crippen molar-refractivity contribution in [3.8, 4) is 0 Å². The molecule has 0 heterocycles. The molecule has 0 saturated heterocycles. The van der Waals surface area contributed by atoms with Crippen molar-refractivity contribution in [2.75, 3.05) is 6.54 Å². The van der Waals surface area contributed by atoms with E-state index in [1.54, 1.807) is 0 Å². The zero-order valence-electron chi connectivity index (χ0n) is 6.48. The summed E-state index contributed by atoms with van der Waals surface area (Å²) in [5.74, 6) is 5.95. The molecule has 1 atom stereocenters. The first-order valence-electron chi connectivity index (χ1n) is 3.74. The van der Waals surface area contributed by atoms with Crippen molar-refractivity contribution in [3.05, 3.63) is 0 Å². The Morgan fingerprint density at radius 3 is 2.56 bits per heavy atom. The van der Waals surface area contributed by atoms with E-state index in [0.717, 1.165) is 12.5 Å². The smallest absolute Gasteiger partial charge is 0.00999 e. The van der Waals surface area contributed by atoms with Gasteiger partial charge in [0, 0.05) is 6.54 Å². The van der Waals surface area contributed by atoms with E-state index in [-0.39, 0.29) is 0 Å². The Morgan fingerprint density at radius 2 is 2.11 bits per heavy atom. The highest BCUT2D eigenvalue weighted by molar-refractivity contribution is 4.52.